The first-order chi connectivity index (χ1) is 12.4. The Morgan fingerprint density at radius 3 is 2.76 bits per heavy atom. The molecule has 1 aliphatic carbocycles. The molecular formula is C23H25NO. The smallest absolute Gasteiger partial charge is 0.0721 e. The third-order valence-corrected chi connectivity index (χ3v) is 6.13. The molecule has 1 fully saturated rings. The maximum Gasteiger partial charge on any atom is 0.0721 e. The Labute approximate surface area is 150 Å². The Hall–Kier alpha value is -1.90. The number of hydrogen-bond donors (Lipinski definition) is 0. The van der Waals surface area contributed by atoms with E-state index in [2.05, 4.69) is 65.6 Å². The first-order valence-electron chi connectivity index (χ1n) is 9.58. The second-order valence-electron chi connectivity index (χ2n) is 7.61. The molecule has 2 aromatic rings. The van der Waals surface area contributed by atoms with Crippen LogP contribution in [0.25, 0.3) is 5.57 Å². The summed E-state index contributed by atoms with van der Waals surface area (Å²) in [6, 6.07) is 20.8. The molecule has 2 aliphatic heterocycles. The van der Waals surface area contributed by atoms with Gasteiger partial charge in [0.1, 0.15) is 0 Å². The minimum atomic E-state index is 0.370. The number of ether oxygens (including phenoxy) is 1. The molecule has 0 amide bonds. The predicted octanol–water partition coefficient (Wildman–Crippen LogP) is 4.45. The van der Waals surface area contributed by atoms with E-state index >= 15 is 0 Å². The number of rotatable bonds is 3. The molecule has 0 aromatic heterocycles. The molecule has 128 valence electrons. The highest BCUT2D eigenvalue weighted by atomic mass is 16.5. The van der Waals surface area contributed by atoms with Crippen molar-refractivity contribution in [3.05, 3.63) is 77.4 Å². The van der Waals surface area contributed by atoms with Crippen LogP contribution in [0.4, 0.5) is 0 Å². The maximum atomic E-state index is 6.27. The highest BCUT2D eigenvalue weighted by Gasteiger charge is 2.41. The number of nitrogens with zero attached hydrogens (tertiary/aromatic N) is 1. The van der Waals surface area contributed by atoms with Crippen molar-refractivity contribution >= 4 is 5.57 Å². The monoisotopic (exact) mass is 331 g/mol. The van der Waals surface area contributed by atoms with E-state index in [1.54, 1.807) is 5.57 Å². The fourth-order valence-corrected chi connectivity index (χ4v) is 4.92. The third kappa shape index (κ3) is 2.84. The molecule has 3 aliphatic rings. The van der Waals surface area contributed by atoms with Crippen LogP contribution in [0.3, 0.4) is 0 Å². The first-order valence-corrected chi connectivity index (χ1v) is 9.58. The van der Waals surface area contributed by atoms with E-state index < -0.39 is 0 Å². The molecule has 1 saturated heterocycles. The zero-order valence-corrected chi connectivity index (χ0v) is 14.6. The summed E-state index contributed by atoms with van der Waals surface area (Å²) in [6.07, 6.45) is 7.70. The van der Waals surface area contributed by atoms with Gasteiger partial charge in [0, 0.05) is 18.6 Å². The van der Waals surface area contributed by atoms with Gasteiger partial charge in [0.2, 0.25) is 0 Å². The fourth-order valence-electron chi connectivity index (χ4n) is 4.92. The zero-order valence-electron chi connectivity index (χ0n) is 14.6. The molecule has 2 aromatic carbocycles. The van der Waals surface area contributed by atoms with Crippen LogP contribution in [-0.4, -0.2) is 29.6 Å². The van der Waals surface area contributed by atoms with Gasteiger partial charge in [-0.05, 0) is 47.9 Å². The van der Waals surface area contributed by atoms with E-state index in [0.717, 1.165) is 13.2 Å². The summed E-state index contributed by atoms with van der Waals surface area (Å²) >= 11 is 0. The lowest BCUT2D eigenvalue weighted by Gasteiger charge is -2.41. The molecule has 3 atom stereocenters. The zero-order chi connectivity index (χ0) is 16.6. The second-order valence-corrected chi connectivity index (χ2v) is 7.61. The lowest BCUT2D eigenvalue weighted by molar-refractivity contribution is 0.0447. The van der Waals surface area contributed by atoms with E-state index in [0.29, 0.717) is 18.2 Å². The van der Waals surface area contributed by atoms with E-state index in [9.17, 15) is 0 Å². The number of benzene rings is 2. The van der Waals surface area contributed by atoms with E-state index in [4.69, 9.17) is 4.74 Å². The predicted molar refractivity (Wildman–Crippen MR) is 101 cm³/mol. The van der Waals surface area contributed by atoms with Crippen molar-refractivity contribution in [1.29, 1.82) is 0 Å². The molecule has 0 N–H and O–H groups in total. The topological polar surface area (TPSA) is 12.5 Å². The maximum absolute atomic E-state index is 6.27. The minimum Gasteiger partial charge on any atom is -0.372 e. The van der Waals surface area contributed by atoms with Crippen molar-refractivity contribution in [2.45, 2.75) is 50.5 Å². The van der Waals surface area contributed by atoms with E-state index in [-0.39, 0.29) is 0 Å². The highest BCUT2D eigenvalue weighted by Crippen LogP contribution is 2.42. The summed E-state index contributed by atoms with van der Waals surface area (Å²) < 4.78 is 6.27. The Morgan fingerprint density at radius 1 is 1.00 bits per heavy atom. The summed E-state index contributed by atoms with van der Waals surface area (Å²) in [4.78, 5) is 2.74. The summed E-state index contributed by atoms with van der Waals surface area (Å²) in [5.74, 6) is 0. The van der Waals surface area contributed by atoms with Crippen LogP contribution in [0, 0.1) is 0 Å². The average molecular weight is 331 g/mol. The number of fused-ring (bicyclic) bond motifs is 5. The third-order valence-electron chi connectivity index (χ3n) is 6.13. The van der Waals surface area contributed by atoms with Crippen molar-refractivity contribution in [1.82, 2.24) is 4.90 Å². The van der Waals surface area contributed by atoms with Crippen LogP contribution in [-0.2, 0) is 17.8 Å². The molecule has 0 saturated carbocycles. The van der Waals surface area contributed by atoms with Gasteiger partial charge < -0.3 is 4.74 Å². The minimum absolute atomic E-state index is 0.370. The number of hydrogen-bond acceptors (Lipinski definition) is 2. The fraction of sp³-hybridized carbons (Fsp3) is 0.391. The van der Waals surface area contributed by atoms with Gasteiger partial charge in [0.05, 0.1) is 12.7 Å². The molecular weight excluding hydrogens is 306 g/mol. The summed E-state index contributed by atoms with van der Waals surface area (Å²) in [7, 11) is 0. The van der Waals surface area contributed by atoms with Gasteiger partial charge in [-0.15, -0.1) is 0 Å². The second kappa shape index (κ2) is 6.44. The van der Waals surface area contributed by atoms with Crippen LogP contribution in [0.1, 0.15) is 36.0 Å². The Morgan fingerprint density at radius 2 is 1.84 bits per heavy atom. The van der Waals surface area contributed by atoms with Gasteiger partial charge in [-0.3, -0.25) is 4.90 Å². The molecule has 2 heteroatoms. The lowest BCUT2D eigenvalue weighted by atomic mass is 9.80. The SMILES string of the molecule is C1=C2c3ccccc3CC[C@@H]2N2C[C@H](OCc3ccccc3)C[C@H]2C1. The molecule has 0 spiro atoms. The highest BCUT2D eigenvalue weighted by molar-refractivity contribution is 5.74. The van der Waals surface area contributed by atoms with Crippen LogP contribution in [0.5, 0.6) is 0 Å². The van der Waals surface area contributed by atoms with Crippen molar-refractivity contribution in [2.75, 3.05) is 6.54 Å². The molecule has 2 heterocycles. The molecule has 0 unspecified atom stereocenters. The number of aryl methyl sites for hydroxylation is 1. The first kappa shape index (κ1) is 15.4. The van der Waals surface area contributed by atoms with Crippen molar-refractivity contribution < 1.29 is 4.74 Å². The van der Waals surface area contributed by atoms with Crippen LogP contribution >= 0.6 is 0 Å². The van der Waals surface area contributed by atoms with Gasteiger partial charge in [0.15, 0.2) is 0 Å². The van der Waals surface area contributed by atoms with Crippen LogP contribution in [0.15, 0.2) is 60.7 Å². The largest absolute Gasteiger partial charge is 0.372 e. The average Bonchev–Trinajstić information content (AvgIpc) is 3.10. The standard InChI is InChI=1S/C23H25NO/c1-2-6-17(7-3-1)16-25-20-14-19-11-12-22-21-9-5-4-8-18(21)10-13-23(22)24(19)15-20/h1-9,12,19-20,23H,10-11,13-16H2/t19-,20-,23+/m1/s1. The normalized spacial score (nSPS) is 28.0. The van der Waals surface area contributed by atoms with Crippen molar-refractivity contribution in [3.8, 4) is 0 Å². The van der Waals surface area contributed by atoms with Gasteiger partial charge >= 0.3 is 0 Å². The van der Waals surface area contributed by atoms with Gasteiger partial charge in [-0.1, -0.05) is 60.7 Å². The van der Waals surface area contributed by atoms with Crippen LogP contribution < -0.4 is 0 Å². The Bertz CT molecular complexity index is 782. The van der Waals surface area contributed by atoms with Crippen molar-refractivity contribution in [2.24, 2.45) is 0 Å². The summed E-state index contributed by atoms with van der Waals surface area (Å²) in [5.41, 5.74) is 5.87. The van der Waals surface area contributed by atoms with Gasteiger partial charge in [-0.2, -0.15) is 0 Å². The Balaban J connectivity index is 1.29. The van der Waals surface area contributed by atoms with Crippen molar-refractivity contribution in [3.63, 3.8) is 0 Å². The molecule has 2 nitrogen and oxygen atoms in total. The van der Waals surface area contributed by atoms with Gasteiger partial charge in [-0.25, -0.2) is 0 Å². The molecule has 25 heavy (non-hydrogen) atoms. The van der Waals surface area contributed by atoms with Gasteiger partial charge in [0.25, 0.3) is 0 Å². The van der Waals surface area contributed by atoms with Crippen LogP contribution in [0.2, 0.25) is 0 Å². The summed E-state index contributed by atoms with van der Waals surface area (Å²) in [6.45, 7) is 1.82. The summed E-state index contributed by atoms with van der Waals surface area (Å²) in [5, 5.41) is 0. The molecule has 5 rings (SSSR count). The Kier molecular flexibility index (Phi) is 3.95. The van der Waals surface area contributed by atoms with E-state index in [1.807, 2.05) is 0 Å². The van der Waals surface area contributed by atoms with E-state index in [1.165, 1.54) is 42.4 Å². The lowest BCUT2D eigenvalue weighted by Crippen LogP contribution is -2.44. The molecule has 0 bridgehead atoms. The molecule has 0 radical (unpaired) electrons. The quantitative estimate of drug-likeness (QED) is 0.824.